The Balaban J connectivity index is 2.40. The van der Waals surface area contributed by atoms with Gasteiger partial charge in [0.05, 0.1) is 0 Å². The predicted molar refractivity (Wildman–Crippen MR) is 58.6 cm³/mol. The lowest BCUT2D eigenvalue weighted by molar-refractivity contribution is 0.429. The summed E-state index contributed by atoms with van der Waals surface area (Å²) in [5.74, 6) is 1.81. The Bertz CT molecular complexity index is 328. The molecule has 0 saturated heterocycles. The molecule has 0 aromatic heterocycles. The summed E-state index contributed by atoms with van der Waals surface area (Å²) >= 11 is 0. The molecule has 0 fully saturated rings. The normalized spacial score (nSPS) is 20.9. The number of hydrogen-bond donors (Lipinski definition) is 1. The smallest absolute Gasteiger partial charge is 0.115 e. The Morgan fingerprint density at radius 3 is 2.86 bits per heavy atom. The molecule has 1 heteroatoms. The van der Waals surface area contributed by atoms with Gasteiger partial charge in [0, 0.05) is 0 Å². The van der Waals surface area contributed by atoms with Crippen molar-refractivity contribution >= 4 is 0 Å². The Morgan fingerprint density at radius 2 is 2.14 bits per heavy atom. The zero-order chi connectivity index (χ0) is 10.1. The molecule has 1 aromatic rings. The lowest BCUT2D eigenvalue weighted by atomic mass is 9.77. The van der Waals surface area contributed by atoms with Crippen LogP contribution in [0.2, 0.25) is 0 Å². The number of fused-ring (bicyclic) bond motifs is 1. The van der Waals surface area contributed by atoms with E-state index in [4.69, 9.17) is 0 Å². The van der Waals surface area contributed by atoms with Gasteiger partial charge in [-0.2, -0.15) is 0 Å². The van der Waals surface area contributed by atoms with Crippen molar-refractivity contribution in [1.82, 2.24) is 0 Å². The molecule has 1 aromatic carbocycles. The van der Waals surface area contributed by atoms with Crippen LogP contribution in [0.4, 0.5) is 0 Å². The van der Waals surface area contributed by atoms with E-state index in [-0.39, 0.29) is 0 Å². The van der Waals surface area contributed by atoms with Crippen molar-refractivity contribution in [2.75, 3.05) is 0 Å². The van der Waals surface area contributed by atoms with Gasteiger partial charge in [-0.25, -0.2) is 0 Å². The van der Waals surface area contributed by atoms with Crippen molar-refractivity contribution in [3.63, 3.8) is 0 Å². The van der Waals surface area contributed by atoms with Crippen LogP contribution < -0.4 is 0 Å². The molecular weight excluding hydrogens is 172 g/mol. The van der Waals surface area contributed by atoms with Crippen LogP contribution in [0.25, 0.3) is 0 Å². The average Bonchev–Trinajstić information content (AvgIpc) is 2.16. The molecule has 1 nitrogen and oxygen atoms in total. The van der Waals surface area contributed by atoms with E-state index in [0.29, 0.717) is 17.6 Å². The van der Waals surface area contributed by atoms with Crippen LogP contribution in [-0.4, -0.2) is 5.11 Å². The molecule has 0 saturated carbocycles. The highest BCUT2D eigenvalue weighted by molar-refractivity contribution is 5.38. The maximum Gasteiger partial charge on any atom is 0.115 e. The van der Waals surface area contributed by atoms with Crippen molar-refractivity contribution < 1.29 is 5.11 Å². The highest BCUT2D eigenvalue weighted by Crippen LogP contribution is 2.37. The highest BCUT2D eigenvalue weighted by Gasteiger charge is 2.22. The monoisotopic (exact) mass is 190 g/mol. The number of rotatable bonds is 1. The summed E-state index contributed by atoms with van der Waals surface area (Å²) in [5, 5.41) is 9.41. The molecule has 1 aliphatic rings. The Morgan fingerprint density at radius 1 is 1.36 bits per heavy atom. The fourth-order valence-electron chi connectivity index (χ4n) is 2.53. The van der Waals surface area contributed by atoms with Crippen molar-refractivity contribution in [2.45, 2.75) is 39.0 Å². The van der Waals surface area contributed by atoms with E-state index in [1.807, 2.05) is 12.1 Å². The minimum Gasteiger partial charge on any atom is -0.508 e. The number of phenols is 1. The summed E-state index contributed by atoms with van der Waals surface area (Å²) in [6.45, 7) is 4.57. The quantitative estimate of drug-likeness (QED) is 0.719. The third kappa shape index (κ3) is 1.63. The number of aromatic hydroxyl groups is 1. The van der Waals surface area contributed by atoms with Crippen LogP contribution in [0.3, 0.4) is 0 Å². The van der Waals surface area contributed by atoms with Crippen LogP contribution in [0.1, 0.15) is 43.7 Å². The molecule has 0 spiro atoms. The van der Waals surface area contributed by atoms with Gasteiger partial charge in [0.2, 0.25) is 0 Å². The third-order valence-corrected chi connectivity index (χ3v) is 3.29. The summed E-state index contributed by atoms with van der Waals surface area (Å²) in [6.07, 6.45) is 3.70. The maximum absolute atomic E-state index is 9.41. The summed E-state index contributed by atoms with van der Waals surface area (Å²) < 4.78 is 0. The van der Waals surface area contributed by atoms with Crippen LogP contribution in [0.5, 0.6) is 5.75 Å². The van der Waals surface area contributed by atoms with E-state index in [1.165, 1.54) is 24.0 Å². The first-order valence-electron chi connectivity index (χ1n) is 5.50. The van der Waals surface area contributed by atoms with Gasteiger partial charge in [-0.05, 0) is 54.4 Å². The number of phenolic OH excluding ortho intramolecular Hbond substituents is 1. The van der Waals surface area contributed by atoms with Gasteiger partial charge < -0.3 is 5.11 Å². The van der Waals surface area contributed by atoms with Gasteiger partial charge in [0.25, 0.3) is 0 Å². The van der Waals surface area contributed by atoms with Gasteiger partial charge in [0.15, 0.2) is 0 Å². The van der Waals surface area contributed by atoms with Crippen LogP contribution >= 0.6 is 0 Å². The SMILES string of the molecule is CC(C)C1CCCc2cc(O)ccc21. The molecule has 76 valence electrons. The van der Waals surface area contributed by atoms with E-state index < -0.39 is 0 Å². The molecule has 0 radical (unpaired) electrons. The van der Waals surface area contributed by atoms with Crippen molar-refractivity contribution in [2.24, 2.45) is 5.92 Å². The van der Waals surface area contributed by atoms with Crippen molar-refractivity contribution in [3.8, 4) is 5.75 Å². The summed E-state index contributed by atoms with van der Waals surface area (Å²) in [7, 11) is 0. The van der Waals surface area contributed by atoms with Gasteiger partial charge >= 0.3 is 0 Å². The van der Waals surface area contributed by atoms with Gasteiger partial charge in [0.1, 0.15) is 5.75 Å². The van der Waals surface area contributed by atoms with Crippen LogP contribution in [-0.2, 0) is 6.42 Å². The molecule has 1 atom stereocenters. The maximum atomic E-state index is 9.41. The zero-order valence-electron chi connectivity index (χ0n) is 8.96. The Labute approximate surface area is 85.8 Å². The molecule has 1 aliphatic carbocycles. The van der Waals surface area contributed by atoms with Crippen molar-refractivity contribution in [1.29, 1.82) is 0 Å². The summed E-state index contributed by atoms with van der Waals surface area (Å²) in [5.41, 5.74) is 2.82. The molecular formula is C13H18O. The number of hydrogen-bond acceptors (Lipinski definition) is 1. The predicted octanol–water partition coefficient (Wildman–Crippen LogP) is 3.47. The molecule has 0 amide bonds. The fourth-order valence-corrected chi connectivity index (χ4v) is 2.53. The van der Waals surface area contributed by atoms with Gasteiger partial charge in [-0.3, -0.25) is 0 Å². The van der Waals surface area contributed by atoms with E-state index >= 15 is 0 Å². The lowest BCUT2D eigenvalue weighted by Crippen LogP contribution is -2.14. The first-order chi connectivity index (χ1) is 6.68. The second-order valence-corrected chi connectivity index (χ2v) is 4.63. The molecule has 1 N–H and O–H groups in total. The molecule has 14 heavy (non-hydrogen) atoms. The molecule has 2 rings (SSSR count). The third-order valence-electron chi connectivity index (χ3n) is 3.29. The number of benzene rings is 1. The van der Waals surface area contributed by atoms with E-state index in [0.717, 1.165) is 6.42 Å². The second kappa shape index (κ2) is 3.64. The lowest BCUT2D eigenvalue weighted by Gasteiger charge is -2.28. The highest BCUT2D eigenvalue weighted by atomic mass is 16.3. The topological polar surface area (TPSA) is 20.2 Å². The minimum atomic E-state index is 0.410. The Hall–Kier alpha value is -0.980. The van der Waals surface area contributed by atoms with E-state index in [9.17, 15) is 5.11 Å². The standard InChI is InChI=1S/C13H18O/c1-9(2)12-5-3-4-10-8-11(14)6-7-13(10)12/h6-9,12,14H,3-5H2,1-2H3. The fraction of sp³-hybridized carbons (Fsp3) is 0.538. The zero-order valence-corrected chi connectivity index (χ0v) is 8.96. The molecule has 0 heterocycles. The van der Waals surface area contributed by atoms with E-state index in [2.05, 4.69) is 19.9 Å². The van der Waals surface area contributed by atoms with Crippen molar-refractivity contribution in [3.05, 3.63) is 29.3 Å². The first kappa shape index (κ1) is 9.57. The minimum absolute atomic E-state index is 0.410. The van der Waals surface area contributed by atoms with Gasteiger partial charge in [-0.1, -0.05) is 19.9 Å². The Kier molecular flexibility index (Phi) is 2.49. The average molecular weight is 190 g/mol. The largest absolute Gasteiger partial charge is 0.508 e. The molecule has 0 bridgehead atoms. The van der Waals surface area contributed by atoms with Crippen LogP contribution in [0, 0.1) is 5.92 Å². The van der Waals surface area contributed by atoms with Gasteiger partial charge in [-0.15, -0.1) is 0 Å². The molecule has 1 unspecified atom stereocenters. The summed E-state index contributed by atoms with van der Waals surface area (Å²) in [4.78, 5) is 0. The first-order valence-corrected chi connectivity index (χ1v) is 5.50. The van der Waals surface area contributed by atoms with E-state index in [1.54, 1.807) is 0 Å². The number of aryl methyl sites for hydroxylation is 1. The molecule has 0 aliphatic heterocycles. The second-order valence-electron chi connectivity index (χ2n) is 4.63. The summed E-state index contributed by atoms with van der Waals surface area (Å²) in [6, 6.07) is 5.86. The van der Waals surface area contributed by atoms with Crippen LogP contribution in [0.15, 0.2) is 18.2 Å².